The van der Waals surface area contributed by atoms with Crippen LogP contribution in [0.15, 0.2) is 30.3 Å². The normalized spacial score (nSPS) is 16.2. The first-order valence-corrected chi connectivity index (χ1v) is 8.86. The molecule has 1 N–H and O–H groups in total. The number of nitrogens with one attached hydrogen (secondary N) is 1. The summed E-state index contributed by atoms with van der Waals surface area (Å²) >= 11 is 7.95. The van der Waals surface area contributed by atoms with Gasteiger partial charge in [-0.25, -0.2) is 0 Å². The van der Waals surface area contributed by atoms with Gasteiger partial charge in [-0.05, 0) is 12.1 Å². The van der Waals surface area contributed by atoms with Crippen molar-refractivity contribution in [2.45, 2.75) is 0 Å². The third-order valence-corrected chi connectivity index (χ3v) is 5.43. The lowest BCUT2D eigenvalue weighted by Crippen LogP contribution is -2.41. The topological polar surface area (TPSA) is 41.6 Å². The van der Waals surface area contributed by atoms with E-state index in [0.717, 1.165) is 47.8 Å². The smallest absolute Gasteiger partial charge is 0.244 e. The Hall–Kier alpha value is -1.40. The Morgan fingerprint density at radius 2 is 2.13 bits per heavy atom. The summed E-state index contributed by atoms with van der Waals surface area (Å²) in [5.74, 6) is -0.0909. The average Bonchev–Trinajstić information content (AvgIpc) is 2.90. The standard InChI is InChI=1S/C17H19ClN2O2S/c18-17-13-3-1-2-4-14(13)23-15(17)5-6-16(21)19-7-8-20-9-11-22-12-10-20/h1-6H,7-12H2,(H,19,21). The average molecular weight is 351 g/mol. The number of benzene rings is 1. The number of carbonyl (C=O) groups is 1. The lowest BCUT2D eigenvalue weighted by molar-refractivity contribution is -0.116. The van der Waals surface area contributed by atoms with Crippen molar-refractivity contribution in [3.8, 4) is 0 Å². The van der Waals surface area contributed by atoms with E-state index < -0.39 is 0 Å². The third-order valence-electron chi connectivity index (χ3n) is 3.78. The molecule has 1 aliphatic rings. The molecule has 122 valence electrons. The van der Waals surface area contributed by atoms with Crippen molar-refractivity contribution in [3.05, 3.63) is 40.2 Å². The maximum Gasteiger partial charge on any atom is 0.244 e. The molecule has 0 atom stereocenters. The van der Waals surface area contributed by atoms with E-state index in [1.165, 1.54) is 0 Å². The largest absolute Gasteiger partial charge is 0.379 e. The quantitative estimate of drug-likeness (QED) is 0.843. The summed E-state index contributed by atoms with van der Waals surface area (Å²) < 4.78 is 6.43. The molecule has 1 aliphatic heterocycles. The van der Waals surface area contributed by atoms with Crippen molar-refractivity contribution < 1.29 is 9.53 Å². The zero-order valence-corrected chi connectivity index (χ0v) is 14.3. The van der Waals surface area contributed by atoms with Crippen LogP contribution in [-0.2, 0) is 9.53 Å². The molecule has 0 radical (unpaired) electrons. The summed E-state index contributed by atoms with van der Waals surface area (Å²) in [4.78, 5) is 15.1. The van der Waals surface area contributed by atoms with Crippen molar-refractivity contribution >= 4 is 45.0 Å². The van der Waals surface area contributed by atoms with Crippen molar-refractivity contribution in [2.75, 3.05) is 39.4 Å². The third kappa shape index (κ3) is 4.32. The molecular weight excluding hydrogens is 332 g/mol. The molecule has 1 saturated heterocycles. The molecule has 0 spiro atoms. The molecule has 1 amide bonds. The van der Waals surface area contributed by atoms with E-state index in [1.807, 2.05) is 24.3 Å². The monoisotopic (exact) mass is 350 g/mol. The van der Waals surface area contributed by atoms with Crippen molar-refractivity contribution in [1.29, 1.82) is 0 Å². The molecule has 23 heavy (non-hydrogen) atoms. The maximum absolute atomic E-state index is 11.9. The number of hydrogen-bond donors (Lipinski definition) is 1. The summed E-state index contributed by atoms with van der Waals surface area (Å²) in [6.45, 7) is 4.92. The maximum atomic E-state index is 11.9. The van der Waals surface area contributed by atoms with Crippen LogP contribution in [0.4, 0.5) is 0 Å². The highest BCUT2D eigenvalue weighted by atomic mass is 35.5. The molecular formula is C17H19ClN2O2S. The minimum absolute atomic E-state index is 0.0909. The zero-order chi connectivity index (χ0) is 16.1. The fourth-order valence-electron chi connectivity index (χ4n) is 2.51. The highest BCUT2D eigenvalue weighted by Crippen LogP contribution is 2.35. The molecule has 1 fully saturated rings. The second-order valence-electron chi connectivity index (χ2n) is 5.35. The number of ether oxygens (including phenoxy) is 1. The molecule has 2 heterocycles. The van der Waals surface area contributed by atoms with E-state index in [9.17, 15) is 4.79 Å². The van der Waals surface area contributed by atoms with E-state index >= 15 is 0 Å². The van der Waals surface area contributed by atoms with Gasteiger partial charge in [0, 0.05) is 47.2 Å². The zero-order valence-electron chi connectivity index (χ0n) is 12.8. The second-order valence-corrected chi connectivity index (χ2v) is 6.82. The highest BCUT2D eigenvalue weighted by molar-refractivity contribution is 7.20. The SMILES string of the molecule is O=C(C=Cc1sc2ccccc2c1Cl)NCCN1CCOCC1. The van der Waals surface area contributed by atoms with Crippen LogP contribution in [-0.4, -0.2) is 50.2 Å². The number of fused-ring (bicyclic) bond motifs is 1. The minimum Gasteiger partial charge on any atom is -0.379 e. The fraction of sp³-hybridized carbons (Fsp3) is 0.353. The van der Waals surface area contributed by atoms with Gasteiger partial charge >= 0.3 is 0 Å². The lowest BCUT2D eigenvalue weighted by atomic mass is 10.2. The molecule has 1 aromatic carbocycles. The molecule has 1 aromatic heterocycles. The number of thiophene rings is 1. The number of amides is 1. The molecule has 0 saturated carbocycles. The van der Waals surface area contributed by atoms with Gasteiger partial charge in [0.25, 0.3) is 0 Å². The van der Waals surface area contributed by atoms with Gasteiger partial charge in [-0.1, -0.05) is 29.8 Å². The number of carbonyl (C=O) groups excluding carboxylic acids is 1. The molecule has 0 bridgehead atoms. The number of nitrogens with zero attached hydrogens (tertiary/aromatic N) is 1. The van der Waals surface area contributed by atoms with Gasteiger partial charge < -0.3 is 10.1 Å². The van der Waals surface area contributed by atoms with Crippen molar-refractivity contribution in [2.24, 2.45) is 0 Å². The van der Waals surface area contributed by atoms with Crippen molar-refractivity contribution in [3.63, 3.8) is 0 Å². The van der Waals surface area contributed by atoms with Crippen LogP contribution < -0.4 is 5.32 Å². The Morgan fingerprint density at radius 3 is 2.91 bits per heavy atom. The Balaban J connectivity index is 1.52. The summed E-state index contributed by atoms with van der Waals surface area (Å²) in [5, 5.41) is 4.65. The molecule has 3 rings (SSSR count). The van der Waals surface area contributed by atoms with Crippen LogP contribution in [0.2, 0.25) is 5.02 Å². The van der Waals surface area contributed by atoms with Crippen LogP contribution >= 0.6 is 22.9 Å². The molecule has 4 nitrogen and oxygen atoms in total. The second kappa shape index (κ2) is 7.93. The predicted molar refractivity (Wildman–Crippen MR) is 96.1 cm³/mol. The Morgan fingerprint density at radius 1 is 1.35 bits per heavy atom. The van der Waals surface area contributed by atoms with Gasteiger partial charge in [-0.3, -0.25) is 9.69 Å². The van der Waals surface area contributed by atoms with Gasteiger partial charge in [-0.15, -0.1) is 11.3 Å². The summed E-state index contributed by atoms with van der Waals surface area (Å²) in [5.41, 5.74) is 0. The summed E-state index contributed by atoms with van der Waals surface area (Å²) in [7, 11) is 0. The van der Waals surface area contributed by atoms with Gasteiger partial charge in [0.15, 0.2) is 0 Å². The fourth-order valence-corrected chi connectivity index (χ4v) is 3.91. The molecule has 6 heteroatoms. The van der Waals surface area contributed by atoms with Gasteiger partial charge in [0.1, 0.15) is 0 Å². The number of morpholine rings is 1. The Bertz CT molecular complexity index is 708. The van der Waals surface area contributed by atoms with Gasteiger partial charge in [0.05, 0.1) is 18.2 Å². The van der Waals surface area contributed by atoms with Crippen LogP contribution in [0, 0.1) is 0 Å². The van der Waals surface area contributed by atoms with E-state index in [1.54, 1.807) is 23.5 Å². The van der Waals surface area contributed by atoms with Crippen LogP contribution in [0.1, 0.15) is 4.88 Å². The highest BCUT2D eigenvalue weighted by Gasteiger charge is 2.10. The first-order chi connectivity index (χ1) is 11.2. The van der Waals surface area contributed by atoms with Crippen LogP contribution in [0.5, 0.6) is 0 Å². The Kier molecular flexibility index (Phi) is 5.67. The lowest BCUT2D eigenvalue weighted by Gasteiger charge is -2.26. The number of hydrogen-bond acceptors (Lipinski definition) is 4. The predicted octanol–water partition coefficient (Wildman–Crippen LogP) is 3.02. The molecule has 0 unspecified atom stereocenters. The van der Waals surface area contributed by atoms with E-state index in [-0.39, 0.29) is 5.91 Å². The van der Waals surface area contributed by atoms with E-state index in [4.69, 9.17) is 16.3 Å². The number of rotatable bonds is 5. The minimum atomic E-state index is -0.0909. The van der Waals surface area contributed by atoms with Gasteiger partial charge in [-0.2, -0.15) is 0 Å². The van der Waals surface area contributed by atoms with Crippen LogP contribution in [0.25, 0.3) is 16.2 Å². The van der Waals surface area contributed by atoms with Crippen LogP contribution in [0.3, 0.4) is 0 Å². The molecule has 2 aromatic rings. The van der Waals surface area contributed by atoms with Gasteiger partial charge in [0.2, 0.25) is 5.91 Å². The van der Waals surface area contributed by atoms with E-state index in [0.29, 0.717) is 11.6 Å². The number of halogens is 1. The molecule has 0 aliphatic carbocycles. The van der Waals surface area contributed by atoms with E-state index in [2.05, 4.69) is 10.2 Å². The Labute approximate surface area is 144 Å². The summed E-state index contributed by atoms with van der Waals surface area (Å²) in [6.07, 6.45) is 3.34. The summed E-state index contributed by atoms with van der Waals surface area (Å²) in [6, 6.07) is 7.98. The first-order valence-electron chi connectivity index (χ1n) is 7.67. The van der Waals surface area contributed by atoms with Crippen molar-refractivity contribution in [1.82, 2.24) is 10.2 Å². The first kappa shape index (κ1) is 16.5.